The van der Waals surface area contributed by atoms with Crippen molar-refractivity contribution in [1.82, 2.24) is 25.3 Å². The Morgan fingerprint density at radius 1 is 0.968 bits per heavy atom. The van der Waals surface area contributed by atoms with E-state index in [1.54, 1.807) is 11.8 Å². The minimum absolute atomic E-state index is 0.194. The zero-order valence-electron chi connectivity index (χ0n) is 17.7. The fourth-order valence-electron chi connectivity index (χ4n) is 2.82. The summed E-state index contributed by atoms with van der Waals surface area (Å²) in [4.78, 5) is 30.9. The lowest BCUT2D eigenvalue weighted by molar-refractivity contribution is 0.0952. The Morgan fingerprint density at radius 3 is 2.39 bits per heavy atom. The van der Waals surface area contributed by atoms with Crippen molar-refractivity contribution in [1.29, 1.82) is 0 Å². The first kappa shape index (κ1) is 23.1. The van der Waals surface area contributed by atoms with E-state index in [0.717, 1.165) is 28.6 Å². The van der Waals surface area contributed by atoms with Crippen LogP contribution < -0.4 is 16.4 Å². The maximum absolute atomic E-state index is 12.8. The second-order valence-corrected chi connectivity index (χ2v) is 9.26. The lowest BCUT2D eigenvalue weighted by atomic mass is 10.2. The molecule has 0 atom stereocenters. The van der Waals surface area contributed by atoms with Crippen LogP contribution in [0.2, 0.25) is 0 Å². The summed E-state index contributed by atoms with van der Waals surface area (Å²) in [5.74, 6) is 4.55. The number of rotatable bonds is 11. The molecule has 0 spiro atoms. The predicted octanol–water partition coefficient (Wildman–Crippen LogP) is 3.32. The summed E-state index contributed by atoms with van der Waals surface area (Å²) in [6.45, 7) is 5.42. The molecule has 0 aliphatic rings. The molecule has 0 aliphatic carbocycles. The van der Waals surface area contributed by atoms with Crippen molar-refractivity contribution >= 4 is 52.2 Å². The smallest absolute Gasteiger partial charge is 0.273 e. The molecule has 3 aromatic rings. The first-order valence-corrected chi connectivity index (χ1v) is 12.5. The number of benzene rings is 1. The van der Waals surface area contributed by atoms with Crippen LogP contribution in [0.25, 0.3) is 22.6 Å². The quantitative estimate of drug-likeness (QED) is 0.373. The lowest BCUT2D eigenvalue weighted by Gasteiger charge is -2.13. The number of nitrogen functional groups attached to an aromatic ring is 1. The molecule has 0 saturated carbocycles. The van der Waals surface area contributed by atoms with Gasteiger partial charge in [-0.1, -0.05) is 44.2 Å². The van der Waals surface area contributed by atoms with Gasteiger partial charge in [0, 0.05) is 30.2 Å². The predicted molar refractivity (Wildman–Crippen MR) is 132 cm³/mol. The minimum atomic E-state index is -0.289. The highest BCUT2D eigenvalue weighted by Gasteiger charge is 2.19. The van der Waals surface area contributed by atoms with Crippen LogP contribution in [0, 0.1) is 0 Å². The van der Waals surface area contributed by atoms with Crippen LogP contribution in [0.5, 0.6) is 0 Å². The number of thioether (sulfide) groups is 2. The van der Waals surface area contributed by atoms with E-state index in [1.807, 2.05) is 42.1 Å². The molecule has 31 heavy (non-hydrogen) atoms. The molecule has 164 valence electrons. The van der Waals surface area contributed by atoms with Crippen LogP contribution in [-0.2, 0) is 0 Å². The van der Waals surface area contributed by atoms with Crippen LogP contribution in [0.1, 0.15) is 24.3 Å². The molecule has 8 nitrogen and oxygen atoms in total. The van der Waals surface area contributed by atoms with Gasteiger partial charge < -0.3 is 16.4 Å². The maximum Gasteiger partial charge on any atom is 0.273 e. The Hall–Kier alpha value is -2.59. The van der Waals surface area contributed by atoms with Crippen LogP contribution in [0.15, 0.2) is 30.3 Å². The number of anilines is 2. The van der Waals surface area contributed by atoms with Crippen molar-refractivity contribution in [3.8, 4) is 11.4 Å². The van der Waals surface area contributed by atoms with Crippen molar-refractivity contribution in [2.45, 2.75) is 13.8 Å². The van der Waals surface area contributed by atoms with E-state index in [2.05, 4.69) is 44.4 Å². The SMILES string of the molecule is CCSCCNC(=O)c1nc2c(N)nc(-c3ccccc3)nc2nc1NCCSCC. The molecule has 2 heterocycles. The third-order valence-electron chi connectivity index (χ3n) is 4.28. The molecule has 0 bridgehead atoms. The molecular weight excluding hydrogens is 430 g/mol. The fraction of sp³-hybridized carbons (Fsp3) is 0.381. The Morgan fingerprint density at radius 2 is 1.68 bits per heavy atom. The first-order chi connectivity index (χ1) is 15.1. The number of amides is 1. The van der Waals surface area contributed by atoms with Crippen molar-refractivity contribution < 1.29 is 4.79 Å². The number of fused-ring (bicyclic) bond motifs is 1. The van der Waals surface area contributed by atoms with E-state index in [4.69, 9.17) is 5.73 Å². The fourth-order valence-corrected chi connectivity index (χ4v) is 3.89. The zero-order chi connectivity index (χ0) is 22.1. The molecule has 3 rings (SSSR count). The molecule has 4 N–H and O–H groups in total. The van der Waals surface area contributed by atoms with Gasteiger partial charge in [0.05, 0.1) is 0 Å². The third kappa shape index (κ3) is 6.20. The zero-order valence-corrected chi connectivity index (χ0v) is 19.4. The van der Waals surface area contributed by atoms with Crippen molar-refractivity contribution in [2.24, 2.45) is 0 Å². The summed E-state index contributed by atoms with van der Waals surface area (Å²) in [7, 11) is 0. The average Bonchev–Trinajstić information content (AvgIpc) is 2.79. The van der Waals surface area contributed by atoms with Gasteiger partial charge in [0.25, 0.3) is 5.91 Å². The van der Waals surface area contributed by atoms with Gasteiger partial charge in [-0.25, -0.2) is 19.9 Å². The number of carbonyl (C=O) groups is 1. The topological polar surface area (TPSA) is 119 Å². The summed E-state index contributed by atoms with van der Waals surface area (Å²) < 4.78 is 0. The Kier molecular flexibility index (Phi) is 8.72. The third-order valence-corrected chi connectivity index (χ3v) is 6.09. The Balaban J connectivity index is 1.96. The molecule has 1 amide bonds. The molecule has 0 aliphatic heterocycles. The van der Waals surface area contributed by atoms with Crippen LogP contribution >= 0.6 is 23.5 Å². The summed E-state index contributed by atoms with van der Waals surface area (Å²) in [6.07, 6.45) is 0. The van der Waals surface area contributed by atoms with Crippen LogP contribution in [0.3, 0.4) is 0 Å². The second-order valence-electron chi connectivity index (χ2n) is 6.47. The summed E-state index contributed by atoms with van der Waals surface area (Å²) in [6, 6.07) is 9.56. The normalized spacial score (nSPS) is 10.9. The molecule has 10 heteroatoms. The number of nitrogens with two attached hydrogens (primary N) is 1. The first-order valence-electron chi connectivity index (χ1n) is 10.2. The van der Waals surface area contributed by atoms with Crippen molar-refractivity contribution in [3.63, 3.8) is 0 Å². The number of hydrogen-bond donors (Lipinski definition) is 3. The number of nitrogens with one attached hydrogen (secondary N) is 2. The highest BCUT2D eigenvalue weighted by molar-refractivity contribution is 7.99. The minimum Gasteiger partial charge on any atom is -0.382 e. The Bertz CT molecular complexity index is 1020. The van der Waals surface area contributed by atoms with Gasteiger partial charge in [-0.3, -0.25) is 4.79 Å². The van der Waals surface area contributed by atoms with Crippen LogP contribution in [0.4, 0.5) is 11.6 Å². The van der Waals surface area contributed by atoms with Gasteiger partial charge in [-0.05, 0) is 11.5 Å². The molecule has 0 saturated heterocycles. The molecule has 0 unspecified atom stereocenters. The summed E-state index contributed by atoms with van der Waals surface area (Å²) >= 11 is 3.57. The van der Waals surface area contributed by atoms with Crippen LogP contribution in [-0.4, -0.2) is 61.9 Å². The number of hydrogen-bond acceptors (Lipinski definition) is 9. The summed E-state index contributed by atoms with van der Waals surface area (Å²) in [5.41, 5.74) is 7.90. The molecule has 0 radical (unpaired) electrons. The number of carbonyl (C=O) groups excluding carboxylic acids is 1. The van der Waals surface area contributed by atoms with E-state index < -0.39 is 0 Å². The number of nitrogens with zero attached hydrogens (tertiary/aromatic N) is 4. The van der Waals surface area contributed by atoms with Gasteiger partial charge in [-0.15, -0.1) is 0 Å². The van der Waals surface area contributed by atoms with Gasteiger partial charge in [0.2, 0.25) is 0 Å². The highest BCUT2D eigenvalue weighted by atomic mass is 32.2. The van der Waals surface area contributed by atoms with E-state index in [9.17, 15) is 4.79 Å². The number of aromatic nitrogens is 4. The lowest BCUT2D eigenvalue weighted by Crippen LogP contribution is -2.28. The highest BCUT2D eigenvalue weighted by Crippen LogP contribution is 2.23. The Labute approximate surface area is 190 Å². The van der Waals surface area contributed by atoms with Gasteiger partial charge >= 0.3 is 0 Å². The van der Waals surface area contributed by atoms with Gasteiger partial charge in [0.1, 0.15) is 0 Å². The van der Waals surface area contributed by atoms with E-state index in [-0.39, 0.29) is 17.4 Å². The van der Waals surface area contributed by atoms with E-state index in [1.165, 1.54) is 0 Å². The molecule has 0 fully saturated rings. The molecule has 2 aromatic heterocycles. The second kappa shape index (κ2) is 11.7. The monoisotopic (exact) mass is 457 g/mol. The van der Waals surface area contributed by atoms with Crippen molar-refractivity contribution in [3.05, 3.63) is 36.0 Å². The molecular formula is C21H27N7OS2. The van der Waals surface area contributed by atoms with Crippen molar-refractivity contribution in [2.75, 3.05) is 47.2 Å². The van der Waals surface area contributed by atoms with E-state index in [0.29, 0.717) is 35.9 Å². The molecule has 1 aromatic carbocycles. The van der Waals surface area contributed by atoms with Gasteiger partial charge in [-0.2, -0.15) is 23.5 Å². The largest absolute Gasteiger partial charge is 0.382 e. The maximum atomic E-state index is 12.8. The van der Waals surface area contributed by atoms with E-state index >= 15 is 0 Å². The average molecular weight is 458 g/mol. The standard InChI is InChI=1S/C21H27N7OS2/c1-3-30-12-10-23-19-16(21(29)24-11-13-31-4-2)25-15-17(22)26-18(27-20(15)28-19)14-8-6-5-7-9-14/h5-9H,3-4,10-13H2,1-2H3,(H,24,29)(H3,22,23,26,27,28). The summed E-state index contributed by atoms with van der Waals surface area (Å²) in [5, 5.41) is 6.15. The van der Waals surface area contributed by atoms with Gasteiger partial charge in [0.15, 0.2) is 34.3 Å².